The van der Waals surface area contributed by atoms with Crippen LogP contribution in [-0.4, -0.2) is 4.98 Å². The van der Waals surface area contributed by atoms with E-state index in [2.05, 4.69) is 113 Å². The number of nitrogens with zero attached hydrogens (tertiary/aromatic N) is 1. The van der Waals surface area contributed by atoms with Gasteiger partial charge in [0.05, 0.1) is 11.2 Å². The van der Waals surface area contributed by atoms with E-state index in [1.165, 1.54) is 21.5 Å². The Hall–Kier alpha value is -4.76. The summed E-state index contributed by atoms with van der Waals surface area (Å²) in [5.74, 6) is 0. The van der Waals surface area contributed by atoms with E-state index in [9.17, 15) is 0 Å². The molecule has 1 N–H and O–H groups in total. The highest BCUT2D eigenvalue weighted by molar-refractivity contribution is 6.31. The standard InChI is InChI=1S/C32H20N2O/c1-3-9-21(10-4-1)34(22-11-5-2-6-12-22)27-18-17-26-30-24(27)16-15-20-19-25-23-13-7-8-14-28(23)35-32(25)31(33-26)29(20)30/h1-19,33H. The quantitative estimate of drug-likeness (QED) is 0.273. The van der Waals surface area contributed by atoms with Gasteiger partial charge in [-0.1, -0.05) is 66.7 Å². The molecule has 0 unspecified atom stereocenters. The van der Waals surface area contributed by atoms with Crippen LogP contribution >= 0.6 is 0 Å². The first kappa shape index (κ1) is 18.6. The number of furan rings is 1. The molecule has 8 rings (SSSR count). The van der Waals surface area contributed by atoms with Crippen LogP contribution in [0, 0.1) is 0 Å². The van der Waals surface area contributed by atoms with Crippen LogP contribution in [0.1, 0.15) is 0 Å². The molecule has 2 aromatic heterocycles. The lowest BCUT2D eigenvalue weighted by Gasteiger charge is -2.26. The lowest BCUT2D eigenvalue weighted by molar-refractivity contribution is 0.672. The topological polar surface area (TPSA) is 32.2 Å². The summed E-state index contributed by atoms with van der Waals surface area (Å²) in [5, 5.41) is 7.21. The zero-order valence-electron chi connectivity index (χ0n) is 18.8. The summed E-state index contributed by atoms with van der Waals surface area (Å²) in [4.78, 5) is 6.03. The second kappa shape index (κ2) is 6.87. The van der Waals surface area contributed by atoms with Crippen molar-refractivity contribution in [2.24, 2.45) is 0 Å². The normalized spacial score (nSPS) is 12.0. The van der Waals surface area contributed by atoms with E-state index >= 15 is 0 Å². The van der Waals surface area contributed by atoms with Gasteiger partial charge in [0.2, 0.25) is 0 Å². The molecule has 0 bridgehead atoms. The summed E-state index contributed by atoms with van der Waals surface area (Å²) in [6, 6.07) is 40.6. The Bertz CT molecular complexity index is 1960. The summed E-state index contributed by atoms with van der Waals surface area (Å²) >= 11 is 0. The Morgan fingerprint density at radius 2 is 1.29 bits per heavy atom. The average Bonchev–Trinajstić information content (AvgIpc) is 3.49. The predicted octanol–water partition coefficient (Wildman–Crippen LogP) is 9.28. The fourth-order valence-corrected chi connectivity index (χ4v) is 5.63. The summed E-state index contributed by atoms with van der Waals surface area (Å²) in [5.41, 5.74) is 7.45. The fourth-order valence-electron chi connectivity index (χ4n) is 5.63. The number of benzene rings is 6. The first-order chi connectivity index (χ1) is 17.4. The molecule has 0 saturated carbocycles. The van der Waals surface area contributed by atoms with Gasteiger partial charge < -0.3 is 14.3 Å². The van der Waals surface area contributed by atoms with Gasteiger partial charge >= 0.3 is 0 Å². The van der Waals surface area contributed by atoms with Gasteiger partial charge in [-0.25, -0.2) is 0 Å². The van der Waals surface area contributed by atoms with Gasteiger partial charge in [0.25, 0.3) is 0 Å². The molecular formula is C32H20N2O. The zero-order valence-corrected chi connectivity index (χ0v) is 18.8. The van der Waals surface area contributed by atoms with Crippen LogP contribution in [0.2, 0.25) is 0 Å². The van der Waals surface area contributed by atoms with Crippen LogP contribution in [0.4, 0.5) is 17.1 Å². The monoisotopic (exact) mass is 448 g/mol. The van der Waals surface area contributed by atoms with Gasteiger partial charge in [0, 0.05) is 43.8 Å². The third kappa shape index (κ3) is 2.55. The SMILES string of the molecule is c1ccc(N(c2ccccc2)c2ccc3[nH]c4c5oc6ccccc6c5cc5ccc2c3c54)cc1. The molecule has 0 amide bonds. The first-order valence-corrected chi connectivity index (χ1v) is 11.9. The average molecular weight is 449 g/mol. The minimum Gasteiger partial charge on any atom is -0.454 e. The largest absolute Gasteiger partial charge is 0.454 e. The molecule has 8 aromatic rings. The number of aromatic nitrogens is 1. The maximum absolute atomic E-state index is 6.36. The number of anilines is 3. The molecule has 0 spiro atoms. The number of fused-ring (bicyclic) bond motifs is 4. The van der Waals surface area contributed by atoms with E-state index in [-0.39, 0.29) is 0 Å². The molecule has 3 heteroatoms. The maximum atomic E-state index is 6.36. The summed E-state index contributed by atoms with van der Waals surface area (Å²) in [7, 11) is 0. The van der Waals surface area contributed by atoms with Gasteiger partial charge in [-0.15, -0.1) is 0 Å². The number of hydrogen-bond acceptors (Lipinski definition) is 2. The molecule has 0 aliphatic carbocycles. The number of para-hydroxylation sites is 3. The second-order valence-electron chi connectivity index (χ2n) is 9.08. The molecule has 0 aliphatic heterocycles. The van der Waals surface area contributed by atoms with Crippen LogP contribution in [-0.2, 0) is 0 Å². The van der Waals surface area contributed by atoms with Crippen LogP contribution in [0.15, 0.2) is 120 Å². The predicted molar refractivity (Wildman–Crippen MR) is 146 cm³/mol. The lowest BCUT2D eigenvalue weighted by Crippen LogP contribution is -2.10. The van der Waals surface area contributed by atoms with Crippen molar-refractivity contribution in [1.29, 1.82) is 0 Å². The van der Waals surface area contributed by atoms with E-state index in [4.69, 9.17) is 4.42 Å². The van der Waals surface area contributed by atoms with E-state index < -0.39 is 0 Å². The van der Waals surface area contributed by atoms with Gasteiger partial charge in [0.1, 0.15) is 5.58 Å². The highest BCUT2D eigenvalue weighted by Gasteiger charge is 2.21. The highest BCUT2D eigenvalue weighted by atomic mass is 16.3. The molecular weight excluding hydrogens is 428 g/mol. The summed E-state index contributed by atoms with van der Waals surface area (Å²) < 4.78 is 6.36. The Labute approximate surface area is 201 Å². The number of hydrogen-bond donors (Lipinski definition) is 1. The second-order valence-corrected chi connectivity index (χ2v) is 9.08. The van der Waals surface area contributed by atoms with Gasteiger partial charge in [-0.2, -0.15) is 0 Å². The maximum Gasteiger partial charge on any atom is 0.159 e. The van der Waals surface area contributed by atoms with Crippen LogP contribution < -0.4 is 4.90 Å². The Kier molecular flexibility index (Phi) is 3.66. The van der Waals surface area contributed by atoms with Crippen molar-refractivity contribution < 1.29 is 4.42 Å². The molecule has 3 nitrogen and oxygen atoms in total. The molecule has 6 aromatic carbocycles. The first-order valence-electron chi connectivity index (χ1n) is 11.9. The van der Waals surface area contributed by atoms with Crippen molar-refractivity contribution in [2.75, 3.05) is 4.90 Å². The van der Waals surface area contributed by atoms with E-state index in [0.29, 0.717) is 0 Å². The fraction of sp³-hybridized carbons (Fsp3) is 0. The van der Waals surface area contributed by atoms with E-state index in [1.807, 2.05) is 12.1 Å². The van der Waals surface area contributed by atoms with Gasteiger partial charge in [-0.3, -0.25) is 0 Å². The van der Waals surface area contributed by atoms with E-state index in [1.54, 1.807) is 0 Å². The Balaban J connectivity index is 1.48. The van der Waals surface area contributed by atoms with Crippen molar-refractivity contribution in [1.82, 2.24) is 4.98 Å². The van der Waals surface area contributed by atoms with Crippen LogP contribution in [0.25, 0.3) is 54.5 Å². The third-order valence-electron chi connectivity index (χ3n) is 7.13. The number of nitrogens with one attached hydrogen (secondary N) is 1. The Morgan fingerprint density at radius 1 is 0.571 bits per heavy atom. The van der Waals surface area contributed by atoms with Gasteiger partial charge in [0.15, 0.2) is 5.58 Å². The minimum atomic E-state index is 0.920. The smallest absolute Gasteiger partial charge is 0.159 e. The molecule has 0 fully saturated rings. The molecule has 2 heterocycles. The highest BCUT2D eigenvalue weighted by Crippen LogP contribution is 2.46. The van der Waals surface area contributed by atoms with E-state index in [0.717, 1.165) is 50.0 Å². The molecule has 35 heavy (non-hydrogen) atoms. The molecule has 0 saturated heterocycles. The molecule has 0 aliphatic rings. The van der Waals surface area contributed by atoms with Crippen LogP contribution in [0.3, 0.4) is 0 Å². The number of rotatable bonds is 3. The van der Waals surface area contributed by atoms with Crippen molar-refractivity contribution >= 4 is 71.6 Å². The van der Waals surface area contributed by atoms with Crippen molar-refractivity contribution in [3.63, 3.8) is 0 Å². The summed E-state index contributed by atoms with van der Waals surface area (Å²) in [6.07, 6.45) is 0. The molecule has 0 atom stereocenters. The van der Waals surface area contributed by atoms with Crippen molar-refractivity contribution in [3.05, 3.63) is 115 Å². The lowest BCUT2D eigenvalue weighted by atomic mass is 9.98. The minimum absolute atomic E-state index is 0.920. The Morgan fingerprint density at radius 3 is 2.06 bits per heavy atom. The summed E-state index contributed by atoms with van der Waals surface area (Å²) in [6.45, 7) is 0. The van der Waals surface area contributed by atoms with Gasteiger partial charge in [-0.05, 0) is 53.9 Å². The number of H-pyrrole nitrogens is 1. The third-order valence-corrected chi connectivity index (χ3v) is 7.13. The molecule has 0 radical (unpaired) electrons. The zero-order chi connectivity index (χ0) is 22.9. The van der Waals surface area contributed by atoms with Crippen LogP contribution in [0.5, 0.6) is 0 Å². The molecule has 164 valence electrons. The van der Waals surface area contributed by atoms with Crippen molar-refractivity contribution in [2.45, 2.75) is 0 Å². The number of aromatic amines is 1. The van der Waals surface area contributed by atoms with Crippen molar-refractivity contribution in [3.8, 4) is 0 Å².